The summed E-state index contributed by atoms with van der Waals surface area (Å²) in [7, 11) is 0. The van der Waals surface area contributed by atoms with Gasteiger partial charge in [0.15, 0.2) is 0 Å². The highest BCUT2D eigenvalue weighted by molar-refractivity contribution is 6.08. The number of hydrogen-bond donors (Lipinski definition) is 1. The molecule has 92 valence electrons. The molecule has 4 aromatic rings. The fourth-order valence-electron chi connectivity index (χ4n) is 2.39. The van der Waals surface area contributed by atoms with Gasteiger partial charge in [0.1, 0.15) is 0 Å². The van der Waals surface area contributed by atoms with Gasteiger partial charge in [0.2, 0.25) is 11.8 Å². The molecule has 4 rings (SSSR count). The molecule has 2 heterocycles. The molecule has 0 fully saturated rings. The van der Waals surface area contributed by atoms with Crippen LogP contribution in [0.3, 0.4) is 0 Å². The van der Waals surface area contributed by atoms with Crippen LogP contribution in [0.2, 0.25) is 0 Å². The van der Waals surface area contributed by atoms with E-state index in [1.807, 2.05) is 24.3 Å². The zero-order valence-electron chi connectivity index (χ0n) is 10.3. The van der Waals surface area contributed by atoms with E-state index in [1.165, 1.54) is 10.8 Å². The quantitative estimate of drug-likeness (QED) is 0.560. The molecule has 0 aliphatic rings. The second-order valence-electron chi connectivity index (χ2n) is 4.56. The predicted molar refractivity (Wildman–Crippen MR) is 73.8 cm³/mol. The molecule has 0 amide bonds. The molecule has 0 saturated carbocycles. The summed E-state index contributed by atoms with van der Waals surface area (Å²) in [4.78, 5) is 3.40. The molecule has 0 saturated heterocycles. The lowest BCUT2D eigenvalue weighted by Crippen LogP contribution is -1.78. The Morgan fingerprint density at radius 3 is 2.63 bits per heavy atom. The van der Waals surface area contributed by atoms with Gasteiger partial charge in [0.05, 0.1) is 0 Å². The molecule has 4 heteroatoms. The third kappa shape index (κ3) is 1.53. The van der Waals surface area contributed by atoms with Crippen molar-refractivity contribution in [3.63, 3.8) is 0 Å². The van der Waals surface area contributed by atoms with Crippen molar-refractivity contribution in [1.82, 2.24) is 15.2 Å². The summed E-state index contributed by atoms with van der Waals surface area (Å²) in [5, 5.41) is 10.3. The van der Waals surface area contributed by atoms with Gasteiger partial charge in [0.25, 0.3) is 0 Å². The van der Waals surface area contributed by atoms with E-state index in [9.17, 15) is 0 Å². The molecule has 4 nitrogen and oxygen atoms in total. The van der Waals surface area contributed by atoms with Crippen LogP contribution >= 0.6 is 0 Å². The number of fused-ring (bicyclic) bond motifs is 3. The smallest absolute Gasteiger partial charge is 0.247 e. The van der Waals surface area contributed by atoms with Crippen LogP contribution in [0.25, 0.3) is 33.3 Å². The summed E-state index contributed by atoms with van der Waals surface area (Å²) < 4.78 is 5.47. The van der Waals surface area contributed by atoms with Crippen molar-refractivity contribution >= 4 is 21.8 Å². The molecule has 2 aromatic carbocycles. The zero-order valence-corrected chi connectivity index (χ0v) is 10.3. The van der Waals surface area contributed by atoms with Crippen LogP contribution in [-0.2, 0) is 0 Å². The minimum atomic E-state index is 0.560. The molecule has 2 aromatic heterocycles. The SMILES string of the molecule is Cc1nnc(-c2ccc3[nH]c4ccccc4c3c2)o1. The minimum Gasteiger partial charge on any atom is -0.421 e. The maximum Gasteiger partial charge on any atom is 0.247 e. The van der Waals surface area contributed by atoms with Gasteiger partial charge in [-0.1, -0.05) is 18.2 Å². The molecule has 19 heavy (non-hydrogen) atoms. The van der Waals surface area contributed by atoms with E-state index in [0.29, 0.717) is 11.8 Å². The summed E-state index contributed by atoms with van der Waals surface area (Å²) in [6.07, 6.45) is 0. The molecule has 1 N–H and O–H groups in total. The van der Waals surface area contributed by atoms with Crippen molar-refractivity contribution in [2.24, 2.45) is 0 Å². The van der Waals surface area contributed by atoms with E-state index in [-0.39, 0.29) is 0 Å². The highest BCUT2D eigenvalue weighted by atomic mass is 16.4. The molecular weight excluding hydrogens is 238 g/mol. The first-order valence-corrected chi connectivity index (χ1v) is 6.12. The second-order valence-corrected chi connectivity index (χ2v) is 4.56. The molecule has 0 atom stereocenters. The van der Waals surface area contributed by atoms with Crippen LogP contribution in [0, 0.1) is 6.92 Å². The van der Waals surface area contributed by atoms with Gasteiger partial charge < -0.3 is 9.40 Å². The Balaban J connectivity index is 2.02. The van der Waals surface area contributed by atoms with Gasteiger partial charge in [-0.15, -0.1) is 10.2 Å². The first-order valence-electron chi connectivity index (χ1n) is 6.12. The first-order chi connectivity index (χ1) is 9.31. The van der Waals surface area contributed by atoms with E-state index in [1.54, 1.807) is 6.92 Å². The third-order valence-corrected chi connectivity index (χ3v) is 3.28. The maximum absolute atomic E-state index is 5.47. The number of aryl methyl sites for hydroxylation is 1. The van der Waals surface area contributed by atoms with Crippen LogP contribution in [-0.4, -0.2) is 15.2 Å². The van der Waals surface area contributed by atoms with Crippen LogP contribution in [0.15, 0.2) is 46.9 Å². The summed E-state index contributed by atoms with van der Waals surface area (Å²) in [6, 6.07) is 14.4. The number of aromatic amines is 1. The Kier molecular flexibility index (Phi) is 2.00. The van der Waals surface area contributed by atoms with E-state index >= 15 is 0 Å². The number of nitrogens with one attached hydrogen (secondary N) is 1. The summed E-state index contributed by atoms with van der Waals surface area (Å²) >= 11 is 0. The lowest BCUT2D eigenvalue weighted by atomic mass is 10.1. The number of nitrogens with zero attached hydrogens (tertiary/aromatic N) is 2. The van der Waals surface area contributed by atoms with Crippen molar-refractivity contribution in [3.8, 4) is 11.5 Å². The van der Waals surface area contributed by atoms with Crippen molar-refractivity contribution < 1.29 is 4.42 Å². The number of H-pyrrole nitrogens is 1. The van der Waals surface area contributed by atoms with Gasteiger partial charge >= 0.3 is 0 Å². The lowest BCUT2D eigenvalue weighted by molar-refractivity contribution is 0.533. The summed E-state index contributed by atoms with van der Waals surface area (Å²) in [6.45, 7) is 1.79. The second kappa shape index (κ2) is 3.68. The Morgan fingerprint density at radius 1 is 0.947 bits per heavy atom. The van der Waals surface area contributed by atoms with E-state index in [4.69, 9.17) is 4.42 Å². The standard InChI is InChI=1S/C15H11N3O/c1-9-17-18-15(19-9)10-6-7-14-12(8-10)11-4-2-3-5-13(11)16-14/h2-8,16H,1H3. The fourth-order valence-corrected chi connectivity index (χ4v) is 2.39. The van der Waals surface area contributed by atoms with E-state index in [2.05, 4.69) is 33.4 Å². The predicted octanol–water partition coefficient (Wildman–Crippen LogP) is 3.68. The van der Waals surface area contributed by atoms with Crippen LogP contribution < -0.4 is 0 Å². The van der Waals surface area contributed by atoms with Crippen molar-refractivity contribution in [3.05, 3.63) is 48.4 Å². The molecular formula is C15H11N3O. The lowest BCUT2D eigenvalue weighted by Gasteiger charge is -1.95. The van der Waals surface area contributed by atoms with Crippen molar-refractivity contribution in [2.45, 2.75) is 6.92 Å². The van der Waals surface area contributed by atoms with Gasteiger partial charge in [-0.25, -0.2) is 0 Å². The number of hydrogen-bond acceptors (Lipinski definition) is 3. The minimum absolute atomic E-state index is 0.560. The monoisotopic (exact) mass is 249 g/mol. The van der Waals surface area contributed by atoms with Crippen molar-refractivity contribution in [1.29, 1.82) is 0 Å². The van der Waals surface area contributed by atoms with E-state index < -0.39 is 0 Å². The average Bonchev–Trinajstić information content (AvgIpc) is 3.01. The van der Waals surface area contributed by atoms with Crippen molar-refractivity contribution in [2.75, 3.05) is 0 Å². The molecule has 0 aliphatic heterocycles. The van der Waals surface area contributed by atoms with Gasteiger partial charge in [-0.2, -0.15) is 0 Å². The number of aromatic nitrogens is 3. The average molecular weight is 249 g/mol. The Labute approximate surface area is 109 Å². The van der Waals surface area contributed by atoms with Gasteiger partial charge in [0, 0.05) is 34.3 Å². The van der Waals surface area contributed by atoms with Crippen LogP contribution in [0.5, 0.6) is 0 Å². The summed E-state index contributed by atoms with van der Waals surface area (Å²) in [5.41, 5.74) is 3.19. The molecule has 0 bridgehead atoms. The largest absolute Gasteiger partial charge is 0.421 e. The Hall–Kier alpha value is -2.62. The number of para-hydroxylation sites is 1. The molecule has 0 unspecified atom stereocenters. The topological polar surface area (TPSA) is 54.7 Å². The molecule has 0 spiro atoms. The normalized spacial score (nSPS) is 11.4. The fraction of sp³-hybridized carbons (Fsp3) is 0.0667. The molecule has 0 aliphatic carbocycles. The van der Waals surface area contributed by atoms with Crippen LogP contribution in [0.1, 0.15) is 5.89 Å². The zero-order chi connectivity index (χ0) is 12.8. The number of rotatable bonds is 1. The summed E-state index contributed by atoms with van der Waals surface area (Å²) in [5.74, 6) is 1.14. The Morgan fingerprint density at radius 2 is 1.79 bits per heavy atom. The van der Waals surface area contributed by atoms with Crippen LogP contribution in [0.4, 0.5) is 0 Å². The maximum atomic E-state index is 5.47. The van der Waals surface area contributed by atoms with Gasteiger partial charge in [-0.3, -0.25) is 0 Å². The number of benzene rings is 2. The highest BCUT2D eigenvalue weighted by Gasteiger charge is 2.09. The Bertz CT molecular complexity index is 889. The van der Waals surface area contributed by atoms with E-state index in [0.717, 1.165) is 16.6 Å². The van der Waals surface area contributed by atoms with Gasteiger partial charge in [-0.05, 0) is 24.3 Å². The first kappa shape index (κ1) is 10.3. The highest BCUT2D eigenvalue weighted by Crippen LogP contribution is 2.29. The third-order valence-electron chi connectivity index (χ3n) is 3.28. The molecule has 0 radical (unpaired) electrons.